The molecule has 8 heavy (non-hydrogen) atoms. The van der Waals surface area contributed by atoms with E-state index in [9.17, 15) is 0 Å². The second-order valence-corrected chi connectivity index (χ2v) is 3.56. The van der Waals surface area contributed by atoms with Crippen LogP contribution in [-0.4, -0.2) is 17.2 Å². The molecule has 0 saturated carbocycles. The van der Waals surface area contributed by atoms with Crippen LogP contribution in [0.25, 0.3) is 0 Å². The Morgan fingerprint density at radius 1 is 2.00 bits per heavy atom. The van der Waals surface area contributed by atoms with Crippen molar-refractivity contribution < 1.29 is 5.02 Å². The summed E-state index contributed by atoms with van der Waals surface area (Å²) in [6.45, 7) is 0. The highest BCUT2D eigenvalue weighted by molar-refractivity contribution is 8.06. The lowest BCUT2D eigenvalue weighted by atomic mass is 10.0. The molecule has 1 aliphatic rings. The van der Waals surface area contributed by atoms with Gasteiger partial charge in [-0.1, -0.05) is 6.08 Å². The highest BCUT2D eigenvalue weighted by Gasteiger charge is 2.14. The van der Waals surface area contributed by atoms with Gasteiger partial charge >= 0.3 is 7.48 Å². The molecule has 1 unspecified atom stereocenters. The van der Waals surface area contributed by atoms with E-state index in [4.69, 9.17) is 16.6 Å². The molecule has 0 aromatic rings. The first-order valence-electron chi connectivity index (χ1n) is 2.31. The van der Waals surface area contributed by atoms with Gasteiger partial charge in [-0.2, -0.15) is 0 Å². The zero-order valence-electron chi connectivity index (χ0n) is 4.17. The molecule has 1 aliphatic heterocycles. The van der Waals surface area contributed by atoms with Gasteiger partial charge in [-0.25, -0.2) is 0 Å². The summed E-state index contributed by atoms with van der Waals surface area (Å²) < 4.78 is 0.133. The van der Waals surface area contributed by atoms with E-state index in [1.807, 2.05) is 6.08 Å². The van der Waals surface area contributed by atoms with Crippen molar-refractivity contribution in [3.05, 3.63) is 10.9 Å². The third kappa shape index (κ3) is 1.44. The molecular weight excluding hydrogens is 142 g/mol. The predicted molar refractivity (Wildman–Crippen MR) is 37.9 cm³/mol. The molecule has 0 bridgehead atoms. The number of alkyl halides is 1. The van der Waals surface area contributed by atoms with E-state index in [1.54, 1.807) is 0 Å². The molecule has 0 aromatic carbocycles. The first-order valence-corrected chi connectivity index (χ1v) is 3.63. The lowest BCUT2D eigenvalue weighted by Crippen LogP contribution is -1.87. The Labute approximate surface area is 58.4 Å². The number of hydrogen-bond acceptors (Lipinski definition) is 2. The maximum atomic E-state index is 8.41. The van der Waals surface area contributed by atoms with Gasteiger partial charge in [0, 0.05) is 0 Å². The number of allylic oxidation sites excluding steroid dienone is 1. The topological polar surface area (TPSA) is 20.2 Å². The van der Waals surface area contributed by atoms with Crippen molar-refractivity contribution in [3.8, 4) is 0 Å². The normalized spacial score (nSPS) is 27.8. The molecule has 1 radical (unpaired) electrons. The average molecular weight is 147 g/mol. The van der Waals surface area contributed by atoms with Gasteiger partial charge in [0.15, 0.2) is 0 Å². The fourth-order valence-electron chi connectivity index (χ4n) is 0.536. The first kappa shape index (κ1) is 6.52. The Morgan fingerprint density at radius 3 is 3.00 bits per heavy atom. The molecule has 4 heteroatoms. The molecule has 0 fully saturated rings. The van der Waals surface area contributed by atoms with Crippen LogP contribution < -0.4 is 0 Å². The largest absolute Gasteiger partial charge is 0.449 e. The number of thioether (sulfide) groups is 1. The van der Waals surface area contributed by atoms with Crippen molar-refractivity contribution >= 4 is 30.8 Å². The molecule has 0 aliphatic carbocycles. The number of halogens is 1. The second kappa shape index (κ2) is 2.81. The van der Waals surface area contributed by atoms with E-state index in [1.165, 1.54) is 11.8 Å². The quantitative estimate of drug-likeness (QED) is 0.443. The smallest absolute Gasteiger partial charge is 0.333 e. The number of rotatable bonds is 1. The average Bonchev–Trinajstić information content (AvgIpc) is 2.14. The molecular formula is C4H5BClOS. The van der Waals surface area contributed by atoms with Gasteiger partial charge in [0.2, 0.25) is 0 Å². The summed E-state index contributed by atoms with van der Waals surface area (Å²) in [5, 5.41) is 8.41. The van der Waals surface area contributed by atoms with Crippen LogP contribution in [0.2, 0.25) is 0 Å². The highest BCUT2D eigenvalue weighted by atomic mass is 35.5. The van der Waals surface area contributed by atoms with Crippen molar-refractivity contribution in [1.82, 2.24) is 0 Å². The Hall–Kier alpha value is 0.405. The third-order valence-corrected chi connectivity index (χ3v) is 2.33. The van der Waals surface area contributed by atoms with Crippen LogP contribution in [0.1, 0.15) is 6.42 Å². The van der Waals surface area contributed by atoms with E-state index >= 15 is 0 Å². The number of hydrogen-bond donors (Lipinski definition) is 1. The fraction of sp³-hybridized carbons (Fsp3) is 0.500. The van der Waals surface area contributed by atoms with Crippen LogP contribution in [0.15, 0.2) is 10.9 Å². The van der Waals surface area contributed by atoms with Gasteiger partial charge in [-0.05, 0) is 11.2 Å². The molecule has 0 spiro atoms. The zero-order valence-corrected chi connectivity index (χ0v) is 5.75. The predicted octanol–water partition coefficient (Wildman–Crippen LogP) is 1.14. The molecule has 1 atom stereocenters. The maximum Gasteiger partial charge on any atom is 0.333 e. The van der Waals surface area contributed by atoms with Crippen molar-refractivity contribution in [2.24, 2.45) is 0 Å². The summed E-state index contributed by atoms with van der Waals surface area (Å²) in [4.78, 5) is 0.880. The molecule has 0 amide bonds. The van der Waals surface area contributed by atoms with E-state index in [-0.39, 0.29) is 4.71 Å². The molecule has 1 heterocycles. The van der Waals surface area contributed by atoms with Crippen molar-refractivity contribution in [3.63, 3.8) is 0 Å². The molecule has 43 valence electrons. The minimum Gasteiger partial charge on any atom is -0.449 e. The fourth-order valence-corrected chi connectivity index (χ4v) is 1.67. The minimum absolute atomic E-state index is 0.133. The van der Waals surface area contributed by atoms with E-state index in [0.29, 0.717) is 0 Å². The van der Waals surface area contributed by atoms with Crippen LogP contribution in [0.4, 0.5) is 0 Å². The third-order valence-electron chi connectivity index (χ3n) is 0.896. The van der Waals surface area contributed by atoms with E-state index < -0.39 is 0 Å². The van der Waals surface area contributed by atoms with Gasteiger partial charge in [0.1, 0.15) is 0 Å². The molecule has 1 rings (SSSR count). The van der Waals surface area contributed by atoms with E-state index in [0.717, 1.165) is 18.7 Å². The van der Waals surface area contributed by atoms with Crippen molar-refractivity contribution in [1.29, 1.82) is 0 Å². The lowest BCUT2D eigenvalue weighted by molar-refractivity contribution is 0.613. The summed E-state index contributed by atoms with van der Waals surface area (Å²) in [6, 6.07) is 0. The second-order valence-electron chi connectivity index (χ2n) is 1.50. The summed E-state index contributed by atoms with van der Waals surface area (Å²) in [6.07, 6.45) is 2.78. The van der Waals surface area contributed by atoms with Crippen molar-refractivity contribution in [2.75, 3.05) is 0 Å². The Morgan fingerprint density at radius 2 is 2.75 bits per heavy atom. The molecule has 0 aromatic heterocycles. The van der Waals surface area contributed by atoms with Crippen molar-refractivity contribution in [2.45, 2.75) is 11.1 Å². The van der Waals surface area contributed by atoms with Gasteiger partial charge < -0.3 is 5.02 Å². The lowest BCUT2D eigenvalue weighted by Gasteiger charge is -1.94. The van der Waals surface area contributed by atoms with Gasteiger partial charge in [-0.3, -0.25) is 0 Å². The van der Waals surface area contributed by atoms with Gasteiger partial charge in [-0.15, -0.1) is 23.4 Å². The molecule has 1 nitrogen and oxygen atoms in total. The summed E-state index contributed by atoms with van der Waals surface area (Å²) in [7, 11) is 1.09. The van der Waals surface area contributed by atoms with Crippen LogP contribution in [0.5, 0.6) is 0 Å². The minimum atomic E-state index is 0.133. The van der Waals surface area contributed by atoms with Gasteiger partial charge in [0.25, 0.3) is 0 Å². The van der Waals surface area contributed by atoms with E-state index in [2.05, 4.69) is 0 Å². The Kier molecular flexibility index (Phi) is 2.29. The molecule has 0 saturated heterocycles. The first-order chi connectivity index (χ1) is 3.83. The SMILES string of the molecule is O[B]C1=CCC(Cl)S1. The summed E-state index contributed by atoms with van der Waals surface area (Å²) >= 11 is 7.15. The van der Waals surface area contributed by atoms with Crippen LogP contribution in [-0.2, 0) is 0 Å². The Bertz CT molecular complexity index is 117. The molecule has 1 N–H and O–H groups in total. The highest BCUT2D eigenvalue weighted by Crippen LogP contribution is 2.33. The van der Waals surface area contributed by atoms with Crippen LogP contribution >= 0.6 is 23.4 Å². The summed E-state index contributed by atoms with van der Waals surface area (Å²) in [5.74, 6) is 0. The van der Waals surface area contributed by atoms with Crippen LogP contribution in [0, 0.1) is 0 Å². The zero-order chi connectivity index (χ0) is 5.98. The van der Waals surface area contributed by atoms with Gasteiger partial charge in [0.05, 0.1) is 4.71 Å². The maximum absolute atomic E-state index is 8.41. The summed E-state index contributed by atoms with van der Waals surface area (Å²) in [5.41, 5.74) is 0. The monoisotopic (exact) mass is 147 g/mol. The standard InChI is InChI=1S/C4H5BClOS/c6-4-2-1-3(5-7)8-4/h1,4,7H,2H2. The van der Waals surface area contributed by atoms with Crippen LogP contribution in [0.3, 0.4) is 0 Å². The Balaban J connectivity index is 2.37.